The van der Waals surface area contributed by atoms with E-state index in [4.69, 9.17) is 10.7 Å². The molecule has 4 nitrogen and oxygen atoms in total. The van der Waals surface area contributed by atoms with E-state index in [2.05, 4.69) is 32.9 Å². The molecule has 2 N–H and O–H groups in total. The van der Waals surface area contributed by atoms with Crippen molar-refractivity contribution in [2.24, 2.45) is 11.7 Å². The SMILES string of the molecule is Cc1cc2nc(-c3ccccc3)cc(C(=O)N3CC(CN)CC3C)c2cc1C. The highest BCUT2D eigenvalue weighted by Crippen LogP contribution is 2.30. The minimum Gasteiger partial charge on any atom is -0.336 e. The van der Waals surface area contributed by atoms with Gasteiger partial charge >= 0.3 is 0 Å². The Bertz CT molecular complexity index is 1030. The molecule has 2 heterocycles. The fourth-order valence-electron chi connectivity index (χ4n) is 4.17. The average Bonchev–Trinajstić information content (AvgIpc) is 3.09. The molecule has 1 saturated heterocycles. The van der Waals surface area contributed by atoms with Crippen LogP contribution in [0.2, 0.25) is 0 Å². The van der Waals surface area contributed by atoms with Gasteiger partial charge in [0.2, 0.25) is 0 Å². The summed E-state index contributed by atoms with van der Waals surface area (Å²) in [6.07, 6.45) is 0.967. The molecule has 2 atom stereocenters. The zero-order chi connectivity index (χ0) is 19.8. The van der Waals surface area contributed by atoms with E-state index in [-0.39, 0.29) is 11.9 Å². The van der Waals surface area contributed by atoms with E-state index < -0.39 is 0 Å². The largest absolute Gasteiger partial charge is 0.336 e. The van der Waals surface area contributed by atoms with Gasteiger partial charge in [0.25, 0.3) is 5.91 Å². The second kappa shape index (κ2) is 7.36. The number of nitrogens with two attached hydrogens (primary N) is 1. The van der Waals surface area contributed by atoms with Gasteiger partial charge in [0, 0.05) is 23.5 Å². The van der Waals surface area contributed by atoms with Crippen LogP contribution in [0.1, 0.15) is 34.8 Å². The third-order valence-corrected chi connectivity index (χ3v) is 5.98. The van der Waals surface area contributed by atoms with E-state index in [1.165, 1.54) is 11.1 Å². The molecular formula is C24H27N3O. The summed E-state index contributed by atoms with van der Waals surface area (Å²) in [6.45, 7) is 7.63. The molecule has 1 amide bonds. The van der Waals surface area contributed by atoms with Crippen molar-refractivity contribution in [1.29, 1.82) is 0 Å². The summed E-state index contributed by atoms with van der Waals surface area (Å²) in [5.41, 5.74) is 11.7. The van der Waals surface area contributed by atoms with E-state index in [1.54, 1.807) is 0 Å². The molecule has 0 saturated carbocycles. The summed E-state index contributed by atoms with van der Waals surface area (Å²) >= 11 is 0. The first-order chi connectivity index (χ1) is 13.5. The minimum absolute atomic E-state index is 0.0799. The number of rotatable bonds is 3. The van der Waals surface area contributed by atoms with Crippen molar-refractivity contribution in [2.75, 3.05) is 13.1 Å². The van der Waals surface area contributed by atoms with Gasteiger partial charge in [-0.3, -0.25) is 4.79 Å². The summed E-state index contributed by atoms with van der Waals surface area (Å²) in [6, 6.07) is 16.4. The number of likely N-dealkylation sites (tertiary alicyclic amines) is 1. The molecule has 0 bridgehead atoms. The Balaban J connectivity index is 1.88. The van der Waals surface area contributed by atoms with Crippen LogP contribution in [0, 0.1) is 19.8 Å². The molecular weight excluding hydrogens is 346 g/mol. The van der Waals surface area contributed by atoms with Crippen LogP contribution in [0.15, 0.2) is 48.5 Å². The summed E-state index contributed by atoms with van der Waals surface area (Å²) < 4.78 is 0. The third kappa shape index (κ3) is 3.29. The molecule has 4 heteroatoms. The maximum absolute atomic E-state index is 13.6. The molecule has 1 aliphatic rings. The quantitative estimate of drug-likeness (QED) is 0.743. The Kier molecular flexibility index (Phi) is 4.90. The predicted molar refractivity (Wildman–Crippen MR) is 114 cm³/mol. The van der Waals surface area contributed by atoms with E-state index >= 15 is 0 Å². The van der Waals surface area contributed by atoms with E-state index in [1.807, 2.05) is 41.3 Å². The van der Waals surface area contributed by atoms with Crippen molar-refractivity contribution in [1.82, 2.24) is 9.88 Å². The maximum Gasteiger partial charge on any atom is 0.254 e. The molecule has 0 spiro atoms. The van der Waals surface area contributed by atoms with Gasteiger partial charge in [-0.15, -0.1) is 0 Å². The standard InChI is InChI=1S/C24H27N3O/c1-15-9-20-21(24(28)27-14-18(13-25)11-17(27)3)12-22(19-7-5-4-6-8-19)26-23(20)10-16(15)2/h4-10,12,17-18H,11,13-14,25H2,1-3H3. The van der Waals surface area contributed by atoms with Gasteiger partial charge in [0.05, 0.1) is 16.8 Å². The van der Waals surface area contributed by atoms with Crippen LogP contribution in [0.5, 0.6) is 0 Å². The number of aromatic nitrogens is 1. The van der Waals surface area contributed by atoms with Crippen LogP contribution in [-0.2, 0) is 0 Å². The van der Waals surface area contributed by atoms with Gasteiger partial charge in [-0.25, -0.2) is 4.98 Å². The smallest absolute Gasteiger partial charge is 0.254 e. The van der Waals surface area contributed by atoms with E-state index in [0.717, 1.165) is 40.7 Å². The summed E-state index contributed by atoms with van der Waals surface area (Å²) in [5, 5.41) is 0.927. The average molecular weight is 374 g/mol. The fourth-order valence-corrected chi connectivity index (χ4v) is 4.17. The number of pyridine rings is 1. The van der Waals surface area contributed by atoms with Gasteiger partial charge in [-0.2, -0.15) is 0 Å². The lowest BCUT2D eigenvalue weighted by Crippen LogP contribution is -2.34. The predicted octanol–water partition coefficient (Wildman–Crippen LogP) is 4.33. The number of nitrogens with zero attached hydrogens (tertiary/aromatic N) is 2. The number of fused-ring (bicyclic) bond motifs is 1. The second-order valence-corrected chi connectivity index (χ2v) is 8.02. The van der Waals surface area contributed by atoms with Gasteiger partial charge in [0.15, 0.2) is 0 Å². The van der Waals surface area contributed by atoms with Gasteiger partial charge in [-0.1, -0.05) is 30.3 Å². The van der Waals surface area contributed by atoms with Crippen molar-refractivity contribution in [3.05, 3.63) is 65.2 Å². The molecule has 1 aliphatic heterocycles. The molecule has 2 unspecified atom stereocenters. The Morgan fingerprint density at radius 3 is 2.54 bits per heavy atom. The Labute approximate surface area is 166 Å². The number of carbonyl (C=O) groups is 1. The molecule has 3 aromatic rings. The Morgan fingerprint density at radius 1 is 1.14 bits per heavy atom. The topological polar surface area (TPSA) is 59.2 Å². The van der Waals surface area contributed by atoms with E-state index in [0.29, 0.717) is 12.5 Å². The van der Waals surface area contributed by atoms with Crippen molar-refractivity contribution < 1.29 is 4.79 Å². The fraction of sp³-hybridized carbons (Fsp3) is 0.333. The second-order valence-electron chi connectivity index (χ2n) is 8.02. The first-order valence-electron chi connectivity index (χ1n) is 9.96. The number of hydrogen-bond donors (Lipinski definition) is 1. The van der Waals surface area contributed by atoms with Gasteiger partial charge in [-0.05, 0) is 69.0 Å². The number of benzene rings is 2. The molecule has 0 radical (unpaired) electrons. The highest BCUT2D eigenvalue weighted by atomic mass is 16.2. The molecule has 1 aromatic heterocycles. The van der Waals surface area contributed by atoms with Crippen LogP contribution in [0.3, 0.4) is 0 Å². The highest BCUT2D eigenvalue weighted by Gasteiger charge is 2.33. The molecule has 1 fully saturated rings. The third-order valence-electron chi connectivity index (χ3n) is 5.98. The van der Waals surface area contributed by atoms with Crippen molar-refractivity contribution in [2.45, 2.75) is 33.2 Å². The minimum atomic E-state index is 0.0799. The summed E-state index contributed by atoms with van der Waals surface area (Å²) in [7, 11) is 0. The monoisotopic (exact) mass is 373 g/mol. The normalized spacial score (nSPS) is 19.4. The number of hydrogen-bond acceptors (Lipinski definition) is 3. The summed E-state index contributed by atoms with van der Waals surface area (Å²) in [5.74, 6) is 0.459. The van der Waals surface area contributed by atoms with Crippen LogP contribution >= 0.6 is 0 Å². The lowest BCUT2D eigenvalue weighted by atomic mass is 9.99. The lowest BCUT2D eigenvalue weighted by molar-refractivity contribution is 0.0745. The van der Waals surface area contributed by atoms with E-state index in [9.17, 15) is 4.79 Å². The lowest BCUT2D eigenvalue weighted by Gasteiger charge is -2.23. The number of amides is 1. The van der Waals surface area contributed by atoms with Crippen molar-refractivity contribution in [3.8, 4) is 11.3 Å². The van der Waals surface area contributed by atoms with Crippen LogP contribution in [-0.4, -0.2) is 34.9 Å². The molecule has 144 valence electrons. The zero-order valence-corrected chi connectivity index (χ0v) is 16.8. The van der Waals surface area contributed by atoms with Crippen LogP contribution < -0.4 is 5.73 Å². The highest BCUT2D eigenvalue weighted by molar-refractivity contribution is 6.07. The van der Waals surface area contributed by atoms with Crippen molar-refractivity contribution >= 4 is 16.8 Å². The maximum atomic E-state index is 13.6. The number of aryl methyl sites for hydroxylation is 2. The van der Waals surface area contributed by atoms with Gasteiger partial charge in [0.1, 0.15) is 0 Å². The molecule has 0 aliphatic carbocycles. The Morgan fingerprint density at radius 2 is 1.86 bits per heavy atom. The zero-order valence-electron chi connectivity index (χ0n) is 16.8. The molecule has 2 aromatic carbocycles. The van der Waals surface area contributed by atoms with Gasteiger partial charge < -0.3 is 10.6 Å². The Hall–Kier alpha value is -2.72. The first-order valence-corrected chi connectivity index (χ1v) is 9.96. The van der Waals surface area contributed by atoms with Crippen molar-refractivity contribution in [3.63, 3.8) is 0 Å². The van der Waals surface area contributed by atoms with Crippen LogP contribution in [0.4, 0.5) is 0 Å². The summed E-state index contributed by atoms with van der Waals surface area (Å²) in [4.78, 5) is 20.4. The first kappa shape index (κ1) is 18.6. The molecule has 4 rings (SSSR count). The van der Waals surface area contributed by atoms with Crippen LogP contribution in [0.25, 0.3) is 22.2 Å². The molecule has 28 heavy (non-hydrogen) atoms. The number of carbonyl (C=O) groups excluding carboxylic acids is 1.